The molecule has 0 unspecified atom stereocenters. The van der Waals surface area contributed by atoms with Gasteiger partial charge in [0.05, 0.1) is 5.56 Å². The summed E-state index contributed by atoms with van der Waals surface area (Å²) >= 11 is 0. The highest BCUT2D eigenvalue weighted by molar-refractivity contribution is 5.97. The Morgan fingerprint density at radius 2 is 1.91 bits per heavy atom. The first kappa shape index (κ1) is 16.0. The van der Waals surface area contributed by atoms with Crippen LogP contribution in [0.1, 0.15) is 41.8 Å². The summed E-state index contributed by atoms with van der Waals surface area (Å²) in [5.41, 5.74) is 2.86. The second-order valence-corrected chi connectivity index (χ2v) is 5.59. The molecule has 3 amide bonds. The van der Waals surface area contributed by atoms with Crippen molar-refractivity contribution in [1.29, 1.82) is 0 Å². The van der Waals surface area contributed by atoms with Crippen LogP contribution in [0.3, 0.4) is 0 Å². The molecule has 1 aliphatic carbocycles. The Hall–Kier alpha value is -2.37. The second kappa shape index (κ2) is 7.06. The van der Waals surface area contributed by atoms with Gasteiger partial charge in [-0.3, -0.25) is 10.1 Å². The fraction of sp³-hybridized carbons (Fsp3) is 0.438. The molecule has 0 aliphatic heterocycles. The van der Waals surface area contributed by atoms with Crippen LogP contribution in [-0.2, 0) is 22.4 Å². The van der Waals surface area contributed by atoms with Crippen molar-refractivity contribution in [3.05, 3.63) is 34.9 Å². The third-order valence-electron chi connectivity index (χ3n) is 3.34. The van der Waals surface area contributed by atoms with E-state index in [1.165, 1.54) is 5.56 Å². The summed E-state index contributed by atoms with van der Waals surface area (Å²) in [6, 6.07) is 4.76. The third kappa shape index (κ3) is 4.31. The zero-order valence-corrected chi connectivity index (χ0v) is 12.8. The van der Waals surface area contributed by atoms with Gasteiger partial charge in [0.25, 0.3) is 5.91 Å². The van der Waals surface area contributed by atoms with Crippen molar-refractivity contribution in [3.63, 3.8) is 0 Å². The number of urea groups is 1. The van der Waals surface area contributed by atoms with Gasteiger partial charge < -0.3 is 10.1 Å². The average Bonchev–Trinajstić information content (AvgIpc) is 2.90. The van der Waals surface area contributed by atoms with E-state index in [1.54, 1.807) is 19.9 Å². The van der Waals surface area contributed by atoms with Crippen molar-refractivity contribution >= 4 is 17.9 Å². The highest BCUT2D eigenvalue weighted by Gasteiger charge is 2.16. The zero-order valence-electron chi connectivity index (χ0n) is 12.8. The van der Waals surface area contributed by atoms with Gasteiger partial charge >= 0.3 is 12.0 Å². The number of carbonyl (C=O) groups is 3. The summed E-state index contributed by atoms with van der Waals surface area (Å²) in [4.78, 5) is 34.7. The predicted octanol–water partition coefficient (Wildman–Crippen LogP) is 1.57. The van der Waals surface area contributed by atoms with Gasteiger partial charge in [-0.1, -0.05) is 6.07 Å². The van der Waals surface area contributed by atoms with Gasteiger partial charge in [0, 0.05) is 6.04 Å². The number of rotatable bonds is 4. The van der Waals surface area contributed by atoms with Crippen LogP contribution >= 0.6 is 0 Å². The van der Waals surface area contributed by atoms with E-state index in [0.29, 0.717) is 5.56 Å². The molecular weight excluding hydrogens is 284 g/mol. The van der Waals surface area contributed by atoms with E-state index in [4.69, 9.17) is 4.74 Å². The molecule has 6 nitrogen and oxygen atoms in total. The van der Waals surface area contributed by atoms with Crippen molar-refractivity contribution in [2.75, 3.05) is 6.61 Å². The van der Waals surface area contributed by atoms with Crippen LogP contribution in [-0.4, -0.2) is 30.6 Å². The summed E-state index contributed by atoms with van der Waals surface area (Å²) in [7, 11) is 0. The van der Waals surface area contributed by atoms with E-state index >= 15 is 0 Å². The average molecular weight is 304 g/mol. The lowest BCUT2D eigenvalue weighted by atomic mass is 10.1. The number of imide groups is 1. The van der Waals surface area contributed by atoms with Gasteiger partial charge in [0.15, 0.2) is 6.61 Å². The van der Waals surface area contributed by atoms with Crippen molar-refractivity contribution in [3.8, 4) is 0 Å². The van der Waals surface area contributed by atoms with Gasteiger partial charge in [-0.25, -0.2) is 9.59 Å². The third-order valence-corrected chi connectivity index (χ3v) is 3.34. The molecule has 118 valence electrons. The van der Waals surface area contributed by atoms with Gasteiger partial charge in [-0.05, 0) is 56.4 Å². The summed E-state index contributed by atoms with van der Waals surface area (Å²) in [6.07, 6.45) is 3.10. The number of fused-ring (bicyclic) bond motifs is 1. The molecule has 2 N–H and O–H groups in total. The Kier molecular flexibility index (Phi) is 5.14. The van der Waals surface area contributed by atoms with Gasteiger partial charge in [-0.15, -0.1) is 0 Å². The molecule has 0 atom stereocenters. The summed E-state index contributed by atoms with van der Waals surface area (Å²) in [6.45, 7) is 3.07. The number of amides is 3. The monoisotopic (exact) mass is 304 g/mol. The van der Waals surface area contributed by atoms with Crippen molar-refractivity contribution in [1.82, 2.24) is 10.6 Å². The maximum Gasteiger partial charge on any atom is 0.338 e. The Morgan fingerprint density at radius 1 is 1.18 bits per heavy atom. The van der Waals surface area contributed by atoms with Gasteiger partial charge in [0.1, 0.15) is 0 Å². The molecule has 6 heteroatoms. The SMILES string of the molecule is CC(C)NC(=O)NC(=O)COC(=O)c1ccc2c(c1)CCC2. The standard InChI is InChI=1S/C16H20N2O4/c1-10(2)17-16(21)18-14(19)9-22-15(20)13-7-6-11-4-3-5-12(11)8-13/h6-8,10H,3-5,9H2,1-2H3,(H2,17,18,19,21). The molecule has 0 bridgehead atoms. The second-order valence-electron chi connectivity index (χ2n) is 5.59. The lowest BCUT2D eigenvalue weighted by molar-refractivity contribution is -0.123. The van der Waals surface area contributed by atoms with Crippen molar-refractivity contribution in [2.45, 2.75) is 39.2 Å². The minimum Gasteiger partial charge on any atom is -0.452 e. The van der Waals surface area contributed by atoms with E-state index < -0.39 is 24.5 Å². The smallest absolute Gasteiger partial charge is 0.338 e. The first-order valence-electron chi connectivity index (χ1n) is 7.35. The largest absolute Gasteiger partial charge is 0.452 e. The highest BCUT2D eigenvalue weighted by atomic mass is 16.5. The first-order valence-corrected chi connectivity index (χ1v) is 7.35. The molecule has 1 aromatic rings. The summed E-state index contributed by atoms with van der Waals surface area (Å²) in [5, 5.41) is 4.60. The molecule has 0 aromatic heterocycles. The van der Waals surface area contributed by atoms with Gasteiger partial charge in [0.2, 0.25) is 0 Å². The normalized spacial score (nSPS) is 12.7. The molecule has 0 spiro atoms. The molecule has 1 aliphatic rings. The molecular formula is C16H20N2O4. The number of nitrogens with one attached hydrogen (secondary N) is 2. The Morgan fingerprint density at radius 3 is 2.64 bits per heavy atom. The molecule has 2 rings (SSSR count). The van der Waals surface area contributed by atoms with E-state index in [1.807, 2.05) is 12.1 Å². The number of benzene rings is 1. The molecule has 0 radical (unpaired) electrons. The fourth-order valence-electron chi connectivity index (χ4n) is 2.37. The molecule has 22 heavy (non-hydrogen) atoms. The van der Waals surface area contributed by atoms with Crippen LogP contribution in [0.2, 0.25) is 0 Å². The van der Waals surface area contributed by atoms with Crippen molar-refractivity contribution < 1.29 is 19.1 Å². The summed E-state index contributed by atoms with van der Waals surface area (Å²) in [5.74, 6) is -1.22. The zero-order chi connectivity index (χ0) is 16.1. The molecule has 0 fully saturated rings. The number of hydrogen-bond acceptors (Lipinski definition) is 4. The molecule has 0 saturated carbocycles. The lowest BCUT2D eigenvalue weighted by Gasteiger charge is -2.09. The summed E-state index contributed by atoms with van der Waals surface area (Å²) < 4.78 is 4.92. The molecule has 0 heterocycles. The maximum absolute atomic E-state index is 11.9. The van der Waals surface area contributed by atoms with E-state index in [9.17, 15) is 14.4 Å². The Balaban J connectivity index is 1.82. The topological polar surface area (TPSA) is 84.5 Å². The number of esters is 1. The van der Waals surface area contributed by atoms with Crippen LogP contribution in [0.15, 0.2) is 18.2 Å². The number of carbonyl (C=O) groups excluding carboxylic acids is 3. The maximum atomic E-state index is 11.9. The predicted molar refractivity (Wildman–Crippen MR) is 80.6 cm³/mol. The van der Waals surface area contributed by atoms with Crippen LogP contribution in [0.5, 0.6) is 0 Å². The molecule has 1 aromatic carbocycles. The van der Waals surface area contributed by atoms with E-state index in [2.05, 4.69) is 10.6 Å². The molecule has 0 saturated heterocycles. The van der Waals surface area contributed by atoms with Crippen LogP contribution in [0.4, 0.5) is 4.79 Å². The van der Waals surface area contributed by atoms with E-state index in [0.717, 1.165) is 24.8 Å². The number of hydrogen-bond donors (Lipinski definition) is 2. The number of aryl methyl sites for hydroxylation is 2. The Labute approximate surface area is 129 Å². The minimum atomic E-state index is -0.660. The highest BCUT2D eigenvalue weighted by Crippen LogP contribution is 2.23. The van der Waals surface area contributed by atoms with Gasteiger partial charge in [-0.2, -0.15) is 0 Å². The van der Waals surface area contributed by atoms with Crippen molar-refractivity contribution in [2.24, 2.45) is 0 Å². The first-order chi connectivity index (χ1) is 10.5. The lowest BCUT2D eigenvalue weighted by Crippen LogP contribution is -2.44. The number of ether oxygens (including phenoxy) is 1. The van der Waals surface area contributed by atoms with Crippen LogP contribution in [0, 0.1) is 0 Å². The van der Waals surface area contributed by atoms with Crippen LogP contribution in [0.25, 0.3) is 0 Å². The van der Waals surface area contributed by atoms with E-state index in [-0.39, 0.29) is 6.04 Å². The minimum absolute atomic E-state index is 0.0817. The fourth-order valence-corrected chi connectivity index (χ4v) is 2.37. The Bertz CT molecular complexity index is 596. The quantitative estimate of drug-likeness (QED) is 0.827. The van der Waals surface area contributed by atoms with Crippen LogP contribution < -0.4 is 10.6 Å².